The quantitative estimate of drug-likeness (QED) is 0.623. The molecular weight excluding hydrogens is 208 g/mol. The van der Waals surface area contributed by atoms with Crippen LogP contribution in [0.5, 0.6) is 0 Å². The maximum atomic E-state index is 11.6. The molecule has 1 amide bonds. The summed E-state index contributed by atoms with van der Waals surface area (Å²) in [6.07, 6.45) is 4.66. The number of rotatable bonds is 4. The molecule has 0 radical (unpaired) electrons. The van der Waals surface area contributed by atoms with E-state index in [1.54, 1.807) is 0 Å². The van der Waals surface area contributed by atoms with Gasteiger partial charge in [0.05, 0.1) is 6.20 Å². The second kappa shape index (κ2) is 4.44. The topological polar surface area (TPSA) is 101 Å². The maximum absolute atomic E-state index is 11.6. The monoisotopic (exact) mass is 222 g/mol. The molecular formula is C10H14N4O2. The minimum absolute atomic E-state index is 0.0201. The Morgan fingerprint density at radius 3 is 3.00 bits per heavy atom. The highest BCUT2D eigenvalue weighted by Gasteiger charge is 2.28. The smallest absolute Gasteiger partial charge is 0.271 e. The Morgan fingerprint density at radius 1 is 1.69 bits per heavy atom. The molecule has 1 aromatic heterocycles. The number of aromatic nitrogens is 2. The predicted octanol–water partition coefficient (Wildman–Crippen LogP) is -0.763. The summed E-state index contributed by atoms with van der Waals surface area (Å²) < 4.78 is 0. The minimum atomic E-state index is -0.328. The third-order valence-corrected chi connectivity index (χ3v) is 2.63. The molecule has 6 nitrogen and oxygen atoms in total. The summed E-state index contributed by atoms with van der Waals surface area (Å²) in [4.78, 5) is 28.4. The molecule has 4 N–H and O–H groups in total. The molecule has 0 saturated heterocycles. The van der Waals surface area contributed by atoms with Crippen molar-refractivity contribution in [2.75, 3.05) is 6.54 Å². The fourth-order valence-corrected chi connectivity index (χ4v) is 1.46. The number of hydrogen-bond donors (Lipinski definition) is 3. The molecule has 0 aromatic carbocycles. The van der Waals surface area contributed by atoms with E-state index in [-0.39, 0.29) is 23.2 Å². The molecule has 6 heteroatoms. The number of aromatic amines is 1. The van der Waals surface area contributed by atoms with Crippen molar-refractivity contribution < 1.29 is 4.79 Å². The van der Waals surface area contributed by atoms with E-state index in [2.05, 4.69) is 15.3 Å². The molecule has 1 heterocycles. The summed E-state index contributed by atoms with van der Waals surface area (Å²) in [5.41, 5.74) is 5.71. The highest BCUT2D eigenvalue weighted by Crippen LogP contribution is 2.31. The number of nitrogens with zero attached hydrogens (tertiary/aromatic N) is 1. The Morgan fingerprint density at radius 2 is 2.44 bits per heavy atom. The van der Waals surface area contributed by atoms with E-state index in [4.69, 9.17) is 5.73 Å². The molecule has 1 saturated carbocycles. The molecule has 1 aliphatic rings. The number of H-pyrrole nitrogens is 1. The van der Waals surface area contributed by atoms with Gasteiger partial charge in [-0.05, 0) is 18.8 Å². The second-order valence-electron chi connectivity index (χ2n) is 4.01. The maximum Gasteiger partial charge on any atom is 0.271 e. The lowest BCUT2D eigenvalue weighted by molar-refractivity contribution is 0.0945. The summed E-state index contributed by atoms with van der Waals surface area (Å²) in [7, 11) is 0. The SMILES string of the molecule is NC(CNC(=O)c1c[nH]c(=O)cn1)C1CC1. The van der Waals surface area contributed by atoms with Crippen molar-refractivity contribution in [3.8, 4) is 0 Å². The number of amides is 1. The van der Waals surface area contributed by atoms with Gasteiger partial charge in [0.25, 0.3) is 11.5 Å². The molecule has 0 bridgehead atoms. The molecule has 86 valence electrons. The highest BCUT2D eigenvalue weighted by molar-refractivity contribution is 5.91. The van der Waals surface area contributed by atoms with Gasteiger partial charge in [0.15, 0.2) is 0 Å². The van der Waals surface area contributed by atoms with Gasteiger partial charge in [-0.1, -0.05) is 0 Å². The first-order valence-electron chi connectivity index (χ1n) is 5.25. The summed E-state index contributed by atoms with van der Waals surface area (Å²) in [6, 6.07) is 0.0201. The third-order valence-electron chi connectivity index (χ3n) is 2.63. The fraction of sp³-hybridized carbons (Fsp3) is 0.500. The van der Waals surface area contributed by atoms with Gasteiger partial charge in [-0.25, -0.2) is 4.98 Å². The van der Waals surface area contributed by atoms with Crippen molar-refractivity contribution in [1.29, 1.82) is 0 Å². The van der Waals surface area contributed by atoms with Gasteiger partial charge < -0.3 is 16.0 Å². The van der Waals surface area contributed by atoms with Crippen molar-refractivity contribution in [2.24, 2.45) is 11.7 Å². The van der Waals surface area contributed by atoms with Crippen LogP contribution in [-0.4, -0.2) is 28.5 Å². The first kappa shape index (κ1) is 10.8. The van der Waals surface area contributed by atoms with Crippen LogP contribution in [0.2, 0.25) is 0 Å². The van der Waals surface area contributed by atoms with E-state index in [0.717, 1.165) is 19.0 Å². The largest absolute Gasteiger partial charge is 0.349 e. The Hall–Kier alpha value is -1.69. The van der Waals surface area contributed by atoms with Crippen LogP contribution in [-0.2, 0) is 0 Å². The Kier molecular flexibility index (Phi) is 3.00. The zero-order chi connectivity index (χ0) is 11.5. The first-order valence-corrected chi connectivity index (χ1v) is 5.25. The van der Waals surface area contributed by atoms with E-state index < -0.39 is 0 Å². The number of carbonyl (C=O) groups excluding carboxylic acids is 1. The van der Waals surface area contributed by atoms with Crippen LogP contribution in [0.3, 0.4) is 0 Å². The van der Waals surface area contributed by atoms with Crippen LogP contribution in [0.15, 0.2) is 17.2 Å². The number of nitrogens with two attached hydrogens (primary N) is 1. The molecule has 1 atom stereocenters. The Labute approximate surface area is 92.3 Å². The van der Waals surface area contributed by atoms with Crippen molar-refractivity contribution in [1.82, 2.24) is 15.3 Å². The lowest BCUT2D eigenvalue weighted by Gasteiger charge is -2.10. The van der Waals surface area contributed by atoms with Gasteiger partial charge in [-0.3, -0.25) is 9.59 Å². The van der Waals surface area contributed by atoms with Crippen LogP contribution < -0.4 is 16.6 Å². The standard InChI is InChI=1S/C10H14N4O2/c11-7(6-1-2-6)3-14-10(16)8-4-13-9(15)5-12-8/h4-7H,1-3,11H2,(H,13,15)(H,14,16). The predicted molar refractivity (Wildman–Crippen MR) is 57.9 cm³/mol. The van der Waals surface area contributed by atoms with Crippen LogP contribution in [0.4, 0.5) is 0 Å². The molecule has 1 aromatic rings. The van der Waals surface area contributed by atoms with Gasteiger partial charge in [0.1, 0.15) is 5.69 Å². The van der Waals surface area contributed by atoms with E-state index in [9.17, 15) is 9.59 Å². The molecule has 16 heavy (non-hydrogen) atoms. The van der Waals surface area contributed by atoms with E-state index in [1.165, 1.54) is 6.20 Å². The number of hydrogen-bond acceptors (Lipinski definition) is 4. The molecule has 1 unspecified atom stereocenters. The number of carbonyl (C=O) groups is 1. The summed E-state index contributed by atoms with van der Waals surface area (Å²) in [5.74, 6) is 0.233. The first-order chi connectivity index (χ1) is 7.66. The number of nitrogens with one attached hydrogen (secondary N) is 2. The van der Waals surface area contributed by atoms with Gasteiger partial charge in [0.2, 0.25) is 0 Å². The summed E-state index contributed by atoms with van der Waals surface area (Å²) in [5, 5.41) is 2.69. The molecule has 1 aliphatic carbocycles. The highest BCUT2D eigenvalue weighted by atomic mass is 16.2. The van der Waals surface area contributed by atoms with Crippen molar-refractivity contribution in [2.45, 2.75) is 18.9 Å². The third kappa shape index (κ3) is 2.66. The van der Waals surface area contributed by atoms with Crippen molar-refractivity contribution >= 4 is 5.91 Å². The minimum Gasteiger partial charge on any atom is -0.349 e. The van der Waals surface area contributed by atoms with Gasteiger partial charge in [-0.15, -0.1) is 0 Å². The molecule has 0 spiro atoms. The lowest BCUT2D eigenvalue weighted by atomic mass is 10.2. The lowest BCUT2D eigenvalue weighted by Crippen LogP contribution is -2.39. The van der Waals surface area contributed by atoms with E-state index >= 15 is 0 Å². The van der Waals surface area contributed by atoms with E-state index in [1.807, 2.05) is 0 Å². The van der Waals surface area contributed by atoms with Crippen LogP contribution >= 0.6 is 0 Å². The zero-order valence-electron chi connectivity index (χ0n) is 8.77. The average molecular weight is 222 g/mol. The average Bonchev–Trinajstić information content (AvgIpc) is 3.10. The van der Waals surface area contributed by atoms with Crippen LogP contribution in [0.25, 0.3) is 0 Å². The zero-order valence-corrected chi connectivity index (χ0v) is 8.77. The van der Waals surface area contributed by atoms with E-state index in [0.29, 0.717) is 12.5 Å². The second-order valence-corrected chi connectivity index (χ2v) is 4.01. The van der Waals surface area contributed by atoms with Crippen molar-refractivity contribution in [3.05, 3.63) is 28.4 Å². The fourth-order valence-electron chi connectivity index (χ4n) is 1.46. The van der Waals surface area contributed by atoms with Gasteiger partial charge >= 0.3 is 0 Å². The molecule has 2 rings (SSSR count). The summed E-state index contributed by atoms with van der Waals surface area (Å²) >= 11 is 0. The van der Waals surface area contributed by atoms with Crippen LogP contribution in [0.1, 0.15) is 23.3 Å². The Bertz CT molecular complexity index is 418. The van der Waals surface area contributed by atoms with Gasteiger partial charge in [0, 0.05) is 18.8 Å². The summed E-state index contributed by atoms with van der Waals surface area (Å²) in [6.45, 7) is 0.449. The molecule has 1 fully saturated rings. The van der Waals surface area contributed by atoms with Gasteiger partial charge in [-0.2, -0.15) is 0 Å². The Balaban J connectivity index is 1.87. The van der Waals surface area contributed by atoms with Crippen LogP contribution in [0, 0.1) is 5.92 Å². The van der Waals surface area contributed by atoms with Crippen molar-refractivity contribution in [3.63, 3.8) is 0 Å². The normalized spacial score (nSPS) is 16.8. The molecule has 0 aliphatic heterocycles.